The van der Waals surface area contributed by atoms with Crippen LogP contribution in [0.15, 0.2) is 78.7 Å². The van der Waals surface area contributed by atoms with Crippen LogP contribution >= 0.6 is 15.6 Å². The van der Waals surface area contributed by atoms with Crippen LogP contribution in [0.3, 0.4) is 0 Å². The highest BCUT2D eigenvalue weighted by Crippen LogP contribution is 2.49. The number of aromatic nitrogens is 6. The number of amides is 1. The molecule has 30 heteroatoms. The molecule has 1 unspecified atom stereocenters. The number of carbonyl (C=O) groups is 2. The van der Waals surface area contributed by atoms with Gasteiger partial charge in [0.05, 0.1) is 31.6 Å². The van der Waals surface area contributed by atoms with Gasteiger partial charge in [0.25, 0.3) is 0 Å². The zero-order valence-electron chi connectivity index (χ0n) is 33.9. The summed E-state index contributed by atoms with van der Waals surface area (Å²) in [5, 5.41) is 25.2. The van der Waals surface area contributed by atoms with Crippen molar-refractivity contribution >= 4 is 50.3 Å². The van der Waals surface area contributed by atoms with Gasteiger partial charge >= 0.3 is 33.5 Å². The topological polar surface area (TPSA) is 367 Å². The number of hydrogen-bond acceptors (Lipinski definition) is 19. The van der Waals surface area contributed by atoms with Gasteiger partial charge < -0.3 is 55.2 Å². The molecule has 2 aliphatic rings. The largest absolute Gasteiger partial charge is 0.524 e. The molecular weight excluding hydrogens is 933 g/mol. The van der Waals surface area contributed by atoms with Gasteiger partial charge in [-0.1, -0.05) is 18.2 Å². The van der Waals surface area contributed by atoms with E-state index in [1.807, 2.05) is 0 Å². The molecule has 0 saturated carbocycles. The number of phosphoric ester groups is 2. The fraction of sp³-hybridized carbons (Fsp3) is 0.417. The number of nitrogen functional groups attached to an aromatic ring is 2. The molecule has 9 atom stereocenters. The van der Waals surface area contributed by atoms with E-state index in [9.17, 15) is 61.6 Å². The molecule has 0 spiro atoms. The van der Waals surface area contributed by atoms with Crippen molar-refractivity contribution in [2.75, 3.05) is 18.1 Å². The minimum atomic E-state index is -5.49. The SMILES string of the molecule is C=CCCC(=O)N[C@@H](Cc1ccc(C(F)(F)F)cc1)C(=O)O[C@H]1[C@@H](O)[C@H](Cn2cnc3c(N)ncnc32)O[C@@H]1COP(=O)(O)O[C@@H]1/C(=C\OP(=O)(O)O)O[C@@H](Cn2ccc(N)nc2=O)[C@@H]1O. The third kappa shape index (κ3) is 12.5. The molecule has 2 fully saturated rings. The third-order valence-electron chi connectivity index (χ3n) is 9.89. The Morgan fingerprint density at radius 3 is 2.38 bits per heavy atom. The fourth-order valence-electron chi connectivity index (χ4n) is 6.71. The number of nitrogens with two attached hydrogens (primary N) is 2. The van der Waals surface area contributed by atoms with E-state index < -0.39 is 119 Å². The number of fused-ring (bicyclic) bond motifs is 1. The van der Waals surface area contributed by atoms with Crippen LogP contribution in [0.4, 0.5) is 24.8 Å². The van der Waals surface area contributed by atoms with Crippen molar-refractivity contribution in [3.63, 3.8) is 0 Å². The predicted octanol–water partition coefficient (Wildman–Crippen LogP) is 0.213. The maximum Gasteiger partial charge on any atom is 0.524 e. The summed E-state index contributed by atoms with van der Waals surface area (Å²) in [6.07, 6.45) is -11.7. The number of imidazole rings is 1. The second-order valence-electron chi connectivity index (χ2n) is 14.6. The molecule has 6 rings (SSSR count). The molecule has 66 heavy (non-hydrogen) atoms. The first-order chi connectivity index (χ1) is 31.0. The van der Waals surface area contributed by atoms with Crippen LogP contribution in [0.2, 0.25) is 0 Å². The van der Waals surface area contributed by atoms with Gasteiger partial charge in [0.15, 0.2) is 29.4 Å². The third-order valence-corrected chi connectivity index (χ3v) is 11.2. The van der Waals surface area contributed by atoms with Crippen LogP contribution in [0.1, 0.15) is 24.0 Å². The van der Waals surface area contributed by atoms with Crippen LogP contribution in [0.25, 0.3) is 11.2 Å². The van der Waals surface area contributed by atoms with Crippen molar-refractivity contribution in [3.8, 4) is 0 Å². The Bertz CT molecular complexity index is 2600. The second kappa shape index (κ2) is 20.4. The van der Waals surface area contributed by atoms with Crippen LogP contribution in [-0.4, -0.2) is 121 Å². The first kappa shape index (κ1) is 49.6. The number of hydrogen-bond donors (Lipinski definition) is 8. The molecule has 1 amide bonds. The average molecular weight is 976 g/mol. The predicted molar refractivity (Wildman–Crippen MR) is 216 cm³/mol. The number of carbonyl (C=O) groups excluding carboxylic acids is 2. The number of anilines is 2. The average Bonchev–Trinajstić information content (AvgIpc) is 3.88. The summed E-state index contributed by atoms with van der Waals surface area (Å²) >= 11 is 0. The number of alkyl halides is 3. The van der Waals surface area contributed by atoms with E-state index in [1.165, 1.54) is 29.2 Å². The van der Waals surface area contributed by atoms with Crippen molar-refractivity contribution in [2.24, 2.45) is 0 Å². The molecule has 3 aromatic heterocycles. The second-order valence-corrected chi connectivity index (χ2v) is 17.2. The van der Waals surface area contributed by atoms with E-state index in [4.69, 9.17) is 34.7 Å². The highest BCUT2D eigenvalue weighted by atomic mass is 31.2. The van der Waals surface area contributed by atoms with E-state index in [0.29, 0.717) is 6.26 Å². The Hall–Kier alpha value is -5.80. The van der Waals surface area contributed by atoms with E-state index in [-0.39, 0.29) is 47.7 Å². The molecule has 0 aliphatic carbocycles. The van der Waals surface area contributed by atoms with Gasteiger partial charge in [0.2, 0.25) is 5.91 Å². The monoisotopic (exact) mass is 975 g/mol. The molecule has 2 saturated heterocycles. The molecule has 2 aliphatic heterocycles. The van der Waals surface area contributed by atoms with Crippen LogP contribution in [-0.2, 0) is 72.2 Å². The molecule has 4 aromatic rings. The number of halogens is 3. The number of nitrogens with zero attached hydrogens (tertiary/aromatic N) is 6. The molecule has 0 bridgehead atoms. The van der Waals surface area contributed by atoms with E-state index in [1.54, 1.807) is 0 Å². The van der Waals surface area contributed by atoms with Gasteiger partial charge in [0, 0.05) is 19.0 Å². The van der Waals surface area contributed by atoms with Crippen LogP contribution in [0.5, 0.6) is 0 Å². The first-order valence-corrected chi connectivity index (χ1v) is 22.3. The summed E-state index contributed by atoms with van der Waals surface area (Å²) in [5.74, 6) is -2.75. The Kier molecular flexibility index (Phi) is 15.3. The van der Waals surface area contributed by atoms with Crippen molar-refractivity contribution in [3.05, 3.63) is 95.5 Å². The number of aliphatic hydroxyl groups excluding tert-OH is 2. The van der Waals surface area contributed by atoms with Gasteiger partial charge in [-0.2, -0.15) is 18.2 Å². The Morgan fingerprint density at radius 1 is 1.00 bits per heavy atom. The van der Waals surface area contributed by atoms with E-state index in [0.717, 1.165) is 35.2 Å². The molecule has 10 N–H and O–H groups in total. The maximum absolute atomic E-state index is 13.9. The quantitative estimate of drug-likeness (QED) is 0.0269. The highest BCUT2D eigenvalue weighted by molar-refractivity contribution is 7.47. The summed E-state index contributed by atoms with van der Waals surface area (Å²) in [5.41, 5.74) is 10.1. The van der Waals surface area contributed by atoms with Crippen molar-refractivity contribution in [2.45, 2.75) is 87.3 Å². The van der Waals surface area contributed by atoms with Gasteiger partial charge in [-0.25, -0.2) is 33.7 Å². The number of rotatable bonds is 19. The summed E-state index contributed by atoms with van der Waals surface area (Å²) in [7, 11) is -10.7. The first-order valence-electron chi connectivity index (χ1n) is 19.3. The van der Waals surface area contributed by atoms with Crippen LogP contribution < -0.4 is 22.5 Å². The number of ether oxygens (including phenoxy) is 3. The zero-order chi connectivity index (χ0) is 48.1. The lowest BCUT2D eigenvalue weighted by Crippen LogP contribution is -2.47. The van der Waals surface area contributed by atoms with Crippen LogP contribution in [0, 0.1) is 0 Å². The standard InChI is InChI=1S/C36H42F3N9O16P2/c1-2-3-4-26(49)45-20(11-18-5-7-19(8-6-18)36(37,38)39)34(52)63-30-23(61-22(28(30)50)13-48-17-44-27-32(41)42-16-43-33(27)48)15-60-66(57,58)64-31-24(14-59-65(54,55)56)62-21(29(31)51)12-47-10-9-25(40)46-35(47)53/h2,5-10,14,16-17,20-23,28-31,50-51H,1,3-4,11-13,15H2,(H,45,49)(H,57,58)(H2,40,46,53)(H2,41,42,43)(H2,54,55,56)/b24-14+/t20-,21-,22-,23+,28-,29-,30+,31+/m0/s1. The lowest BCUT2D eigenvalue weighted by atomic mass is 10.0. The van der Waals surface area contributed by atoms with Gasteiger partial charge in [-0.3, -0.25) is 28.2 Å². The number of benzene rings is 1. The Labute approximate surface area is 369 Å². The van der Waals surface area contributed by atoms with Crippen molar-refractivity contribution in [1.82, 2.24) is 34.4 Å². The van der Waals surface area contributed by atoms with E-state index >= 15 is 0 Å². The summed E-state index contributed by atoms with van der Waals surface area (Å²) < 4.78 is 99.2. The molecular formula is C36H42F3N9O16P2. The van der Waals surface area contributed by atoms with Crippen molar-refractivity contribution < 1.29 is 84.6 Å². The van der Waals surface area contributed by atoms with Gasteiger partial charge in [0.1, 0.15) is 60.5 Å². The smallest absolute Gasteiger partial charge is 0.484 e. The number of phosphoric acid groups is 2. The molecule has 358 valence electrons. The molecule has 5 heterocycles. The summed E-state index contributed by atoms with van der Waals surface area (Å²) in [4.78, 5) is 84.3. The van der Waals surface area contributed by atoms with Crippen molar-refractivity contribution in [1.29, 1.82) is 0 Å². The molecule has 1 aromatic carbocycles. The number of esters is 1. The molecule has 25 nitrogen and oxygen atoms in total. The summed E-state index contributed by atoms with van der Waals surface area (Å²) in [6, 6.07) is 3.39. The maximum atomic E-state index is 13.9. The normalized spacial score (nSPS) is 24.1. The fourth-order valence-corrected chi connectivity index (χ4v) is 7.86. The Morgan fingerprint density at radius 2 is 1.71 bits per heavy atom. The minimum Gasteiger partial charge on any atom is -0.484 e. The lowest BCUT2D eigenvalue weighted by Gasteiger charge is -2.25. The Balaban J connectivity index is 1.24. The van der Waals surface area contributed by atoms with Gasteiger partial charge in [-0.05, 0) is 30.2 Å². The minimum absolute atomic E-state index is 0.0178. The summed E-state index contributed by atoms with van der Waals surface area (Å²) in [6.45, 7) is 1.73. The zero-order valence-corrected chi connectivity index (χ0v) is 35.7. The van der Waals surface area contributed by atoms with Gasteiger partial charge in [-0.15, -0.1) is 6.58 Å². The number of allylic oxidation sites excluding steroid dienone is 1. The highest BCUT2D eigenvalue weighted by Gasteiger charge is 2.50. The number of aliphatic hydroxyl groups is 2. The lowest BCUT2D eigenvalue weighted by molar-refractivity contribution is -0.160. The molecule has 0 radical (unpaired) electrons. The number of nitrogens with one attached hydrogen (secondary N) is 1. The van der Waals surface area contributed by atoms with E-state index in [2.05, 4.69) is 36.4 Å².